The molecule has 82 valence electrons. The number of allylic oxidation sites excluding steroid dienone is 2. The van der Waals surface area contributed by atoms with Crippen LogP contribution in [0.2, 0.25) is 0 Å². The van der Waals surface area contributed by atoms with Crippen LogP contribution < -0.4 is 0 Å². The van der Waals surface area contributed by atoms with Crippen molar-refractivity contribution in [1.82, 2.24) is 0 Å². The van der Waals surface area contributed by atoms with E-state index in [9.17, 15) is 9.59 Å². The molecule has 0 aromatic rings. The number of esters is 1. The summed E-state index contributed by atoms with van der Waals surface area (Å²) in [5.41, 5.74) is -0.467. The number of hydrogen-bond donors (Lipinski definition) is 0. The van der Waals surface area contributed by atoms with Crippen LogP contribution >= 0.6 is 0 Å². The minimum atomic E-state index is -0.467. The molecule has 0 N–H and O–H groups in total. The van der Waals surface area contributed by atoms with Gasteiger partial charge in [0.1, 0.15) is 11.4 Å². The first-order valence-electron chi connectivity index (χ1n) is 5.33. The molecule has 2 aliphatic rings. The van der Waals surface area contributed by atoms with Crippen LogP contribution in [-0.4, -0.2) is 17.4 Å². The van der Waals surface area contributed by atoms with E-state index in [2.05, 4.69) is 0 Å². The maximum Gasteiger partial charge on any atom is 0.310 e. The minimum absolute atomic E-state index is 0.0347. The number of hydrogen-bond acceptors (Lipinski definition) is 3. The smallest absolute Gasteiger partial charge is 0.310 e. The number of Topliss-reactive ketones (excluding diaryl/α,β-unsaturated/α-hetero) is 1. The maximum atomic E-state index is 11.8. The molecule has 2 aliphatic carbocycles. The van der Waals surface area contributed by atoms with Gasteiger partial charge >= 0.3 is 5.97 Å². The van der Waals surface area contributed by atoms with Crippen molar-refractivity contribution >= 4 is 11.8 Å². The zero-order valence-electron chi connectivity index (χ0n) is 9.32. The molecular formula is C12H16O3. The number of ketones is 1. The average Bonchev–Trinajstić information content (AvgIpc) is 2.59. The first kappa shape index (κ1) is 10.4. The first-order chi connectivity index (χ1) is 6.88. The van der Waals surface area contributed by atoms with Gasteiger partial charge in [0.25, 0.3) is 0 Å². The van der Waals surface area contributed by atoms with Gasteiger partial charge in [-0.25, -0.2) is 0 Å². The Morgan fingerprint density at radius 2 is 2.07 bits per heavy atom. The van der Waals surface area contributed by atoms with Crippen LogP contribution in [0.4, 0.5) is 0 Å². The molecule has 3 atom stereocenters. The summed E-state index contributed by atoms with van der Waals surface area (Å²) in [6.45, 7) is 5.53. The third-order valence-electron chi connectivity index (χ3n) is 2.90. The van der Waals surface area contributed by atoms with Crippen LogP contribution in [0.5, 0.6) is 0 Å². The predicted molar refractivity (Wildman–Crippen MR) is 55.1 cm³/mol. The van der Waals surface area contributed by atoms with Gasteiger partial charge in [-0.05, 0) is 27.2 Å². The van der Waals surface area contributed by atoms with Gasteiger partial charge in [-0.3, -0.25) is 9.59 Å². The number of carbonyl (C=O) groups is 2. The SMILES string of the molecule is CC(C)(C)OC(=O)C1CC2C=CC1C2=O. The number of fused-ring (bicyclic) bond motifs is 2. The summed E-state index contributed by atoms with van der Waals surface area (Å²) < 4.78 is 5.30. The average molecular weight is 208 g/mol. The van der Waals surface area contributed by atoms with Crippen molar-refractivity contribution < 1.29 is 14.3 Å². The Balaban J connectivity index is 2.05. The van der Waals surface area contributed by atoms with Crippen LogP contribution in [-0.2, 0) is 14.3 Å². The predicted octanol–water partition coefficient (Wildman–Crippen LogP) is 1.72. The number of rotatable bonds is 1. The zero-order chi connectivity index (χ0) is 11.2. The van der Waals surface area contributed by atoms with Crippen LogP contribution in [0, 0.1) is 17.8 Å². The Bertz CT molecular complexity index is 335. The molecule has 2 bridgehead atoms. The minimum Gasteiger partial charge on any atom is -0.460 e. The lowest BCUT2D eigenvalue weighted by molar-refractivity contribution is -0.161. The molecule has 0 spiro atoms. The summed E-state index contributed by atoms with van der Waals surface area (Å²) in [6.07, 6.45) is 4.40. The molecule has 0 saturated heterocycles. The highest BCUT2D eigenvalue weighted by Crippen LogP contribution is 2.41. The molecule has 0 radical (unpaired) electrons. The van der Waals surface area contributed by atoms with Crippen molar-refractivity contribution in [3.05, 3.63) is 12.2 Å². The Morgan fingerprint density at radius 3 is 2.47 bits per heavy atom. The Kier molecular flexibility index (Phi) is 2.21. The van der Waals surface area contributed by atoms with Gasteiger partial charge < -0.3 is 4.74 Å². The molecule has 3 heteroatoms. The van der Waals surface area contributed by atoms with E-state index in [1.54, 1.807) is 0 Å². The quantitative estimate of drug-likeness (QED) is 0.487. The van der Waals surface area contributed by atoms with Crippen molar-refractivity contribution in [2.24, 2.45) is 17.8 Å². The molecule has 0 aromatic heterocycles. The molecule has 15 heavy (non-hydrogen) atoms. The summed E-state index contributed by atoms with van der Waals surface area (Å²) in [4.78, 5) is 23.4. The van der Waals surface area contributed by atoms with E-state index in [0.29, 0.717) is 6.42 Å². The van der Waals surface area contributed by atoms with Crippen LogP contribution in [0.15, 0.2) is 12.2 Å². The fraction of sp³-hybridized carbons (Fsp3) is 0.667. The highest BCUT2D eigenvalue weighted by atomic mass is 16.6. The third-order valence-corrected chi connectivity index (χ3v) is 2.90. The lowest BCUT2D eigenvalue weighted by atomic mass is 9.93. The van der Waals surface area contributed by atoms with Crippen molar-refractivity contribution in [2.75, 3.05) is 0 Å². The van der Waals surface area contributed by atoms with Gasteiger partial charge in [0.15, 0.2) is 0 Å². The lowest BCUT2D eigenvalue weighted by Crippen LogP contribution is -2.31. The van der Waals surface area contributed by atoms with Gasteiger partial charge in [0, 0.05) is 11.8 Å². The fourth-order valence-electron chi connectivity index (χ4n) is 2.26. The van der Waals surface area contributed by atoms with Gasteiger partial charge in [0.2, 0.25) is 0 Å². The van der Waals surface area contributed by atoms with E-state index in [0.717, 1.165) is 0 Å². The summed E-state index contributed by atoms with van der Waals surface area (Å²) in [6, 6.07) is 0. The molecule has 0 heterocycles. The molecule has 0 amide bonds. The Hall–Kier alpha value is -1.12. The summed E-state index contributed by atoms with van der Waals surface area (Å²) in [5, 5.41) is 0. The second-order valence-electron chi connectivity index (χ2n) is 5.30. The monoisotopic (exact) mass is 208 g/mol. The Morgan fingerprint density at radius 1 is 1.40 bits per heavy atom. The van der Waals surface area contributed by atoms with E-state index in [4.69, 9.17) is 4.74 Å². The van der Waals surface area contributed by atoms with Gasteiger partial charge in [0.05, 0.1) is 5.92 Å². The highest BCUT2D eigenvalue weighted by Gasteiger charge is 2.48. The molecule has 0 aliphatic heterocycles. The van der Waals surface area contributed by atoms with E-state index in [1.165, 1.54) is 0 Å². The molecule has 3 nitrogen and oxygen atoms in total. The molecule has 3 unspecified atom stereocenters. The summed E-state index contributed by atoms with van der Waals surface area (Å²) >= 11 is 0. The molecule has 1 fully saturated rings. The first-order valence-corrected chi connectivity index (χ1v) is 5.33. The van der Waals surface area contributed by atoms with Gasteiger partial charge in [-0.15, -0.1) is 0 Å². The van der Waals surface area contributed by atoms with Crippen molar-refractivity contribution in [3.63, 3.8) is 0 Å². The molecule has 0 aromatic carbocycles. The zero-order valence-corrected chi connectivity index (χ0v) is 9.32. The lowest BCUT2D eigenvalue weighted by Gasteiger charge is -2.24. The van der Waals surface area contributed by atoms with Crippen LogP contribution in [0.3, 0.4) is 0 Å². The third kappa shape index (κ3) is 1.83. The van der Waals surface area contributed by atoms with Crippen LogP contribution in [0.25, 0.3) is 0 Å². The normalized spacial score (nSPS) is 33.5. The summed E-state index contributed by atoms with van der Waals surface area (Å²) in [5.74, 6) is -0.539. The van der Waals surface area contributed by atoms with Crippen molar-refractivity contribution in [3.8, 4) is 0 Å². The number of ether oxygens (including phenoxy) is 1. The number of carbonyl (C=O) groups excluding carboxylic acids is 2. The van der Waals surface area contributed by atoms with E-state index in [-0.39, 0.29) is 29.5 Å². The highest BCUT2D eigenvalue weighted by molar-refractivity contribution is 5.96. The Labute approximate surface area is 89.5 Å². The standard InChI is InChI=1S/C12H16O3/c1-12(2,3)15-11(14)9-6-7-4-5-8(9)10(7)13/h4-5,7-9H,6H2,1-3H3. The maximum absolute atomic E-state index is 11.8. The molecule has 2 rings (SSSR count). The molecular weight excluding hydrogens is 192 g/mol. The van der Waals surface area contributed by atoms with Gasteiger partial charge in [-0.1, -0.05) is 12.2 Å². The second-order valence-corrected chi connectivity index (χ2v) is 5.30. The van der Waals surface area contributed by atoms with Gasteiger partial charge in [-0.2, -0.15) is 0 Å². The topological polar surface area (TPSA) is 43.4 Å². The van der Waals surface area contributed by atoms with E-state index < -0.39 is 5.60 Å². The summed E-state index contributed by atoms with van der Waals surface area (Å²) in [7, 11) is 0. The molecule has 1 saturated carbocycles. The van der Waals surface area contributed by atoms with Crippen molar-refractivity contribution in [1.29, 1.82) is 0 Å². The van der Waals surface area contributed by atoms with E-state index in [1.807, 2.05) is 32.9 Å². The van der Waals surface area contributed by atoms with Crippen molar-refractivity contribution in [2.45, 2.75) is 32.8 Å². The second kappa shape index (κ2) is 3.19. The fourth-order valence-corrected chi connectivity index (χ4v) is 2.26. The van der Waals surface area contributed by atoms with Crippen LogP contribution in [0.1, 0.15) is 27.2 Å². The largest absolute Gasteiger partial charge is 0.460 e. The van der Waals surface area contributed by atoms with E-state index >= 15 is 0 Å².